The Morgan fingerprint density at radius 1 is 1.37 bits per heavy atom. The van der Waals surface area contributed by atoms with Gasteiger partial charge in [-0.25, -0.2) is 12.7 Å². The van der Waals surface area contributed by atoms with Crippen molar-refractivity contribution < 1.29 is 23.1 Å². The Kier molecular flexibility index (Phi) is 5.46. The molecule has 1 aromatic rings. The molecule has 0 fully saturated rings. The van der Waals surface area contributed by atoms with Gasteiger partial charge in [-0.15, -0.1) is 0 Å². The van der Waals surface area contributed by atoms with E-state index in [0.29, 0.717) is 5.56 Å². The van der Waals surface area contributed by atoms with E-state index in [-0.39, 0.29) is 24.5 Å². The van der Waals surface area contributed by atoms with Crippen LogP contribution in [0.4, 0.5) is 0 Å². The molecule has 0 aliphatic rings. The predicted octanol–water partition coefficient (Wildman–Crippen LogP) is 0.928. The molecule has 0 aromatic heterocycles. The lowest BCUT2D eigenvalue weighted by molar-refractivity contribution is -0.137. The van der Waals surface area contributed by atoms with E-state index in [1.54, 1.807) is 18.2 Å². The Morgan fingerprint density at radius 3 is 2.58 bits per heavy atom. The maximum atomic E-state index is 12.3. The molecule has 106 valence electrons. The third-order valence-corrected chi connectivity index (χ3v) is 4.56. The fraction of sp³-hybridized carbons (Fsp3) is 0.417. The highest BCUT2D eigenvalue weighted by Crippen LogP contribution is 2.20. The molecule has 19 heavy (non-hydrogen) atoms. The van der Waals surface area contributed by atoms with E-state index in [0.717, 1.165) is 4.31 Å². The van der Waals surface area contributed by atoms with E-state index < -0.39 is 16.0 Å². The van der Waals surface area contributed by atoms with E-state index in [1.165, 1.54) is 20.2 Å². The molecule has 0 aliphatic heterocycles. The predicted molar refractivity (Wildman–Crippen MR) is 69.2 cm³/mol. The van der Waals surface area contributed by atoms with E-state index in [9.17, 15) is 13.2 Å². The van der Waals surface area contributed by atoms with E-state index >= 15 is 0 Å². The number of nitrogens with zero attached hydrogens (tertiary/aromatic N) is 1. The Hall–Kier alpha value is -1.44. The van der Waals surface area contributed by atoms with Crippen LogP contribution in [0.2, 0.25) is 0 Å². The lowest BCUT2D eigenvalue weighted by atomic mass is 10.2. The van der Waals surface area contributed by atoms with Gasteiger partial charge >= 0.3 is 5.97 Å². The fourth-order valence-corrected chi connectivity index (χ4v) is 2.95. The van der Waals surface area contributed by atoms with Crippen molar-refractivity contribution in [2.24, 2.45) is 0 Å². The molecule has 0 aliphatic carbocycles. The van der Waals surface area contributed by atoms with Crippen molar-refractivity contribution in [3.05, 3.63) is 29.8 Å². The van der Waals surface area contributed by atoms with E-state index in [1.807, 2.05) is 0 Å². The van der Waals surface area contributed by atoms with Crippen LogP contribution in [0, 0.1) is 0 Å². The second-order valence-corrected chi connectivity index (χ2v) is 6.02. The van der Waals surface area contributed by atoms with Gasteiger partial charge in [0.1, 0.15) is 0 Å². The molecule has 0 heterocycles. The van der Waals surface area contributed by atoms with Crippen LogP contribution in [0.15, 0.2) is 29.2 Å². The monoisotopic (exact) mass is 287 g/mol. The summed E-state index contributed by atoms with van der Waals surface area (Å²) in [4.78, 5) is 10.6. The van der Waals surface area contributed by atoms with Crippen LogP contribution in [-0.2, 0) is 26.2 Å². The highest BCUT2D eigenvalue weighted by Gasteiger charge is 2.23. The van der Waals surface area contributed by atoms with Crippen LogP contribution >= 0.6 is 0 Å². The standard InChI is InChI=1S/C12H17NO5S/c1-13(8-7-12(14)15)19(16,17)11-6-4-3-5-10(11)9-18-2/h3-6H,7-9H2,1-2H3,(H,14,15). The average Bonchev–Trinajstić information content (AvgIpc) is 2.36. The molecule has 0 radical (unpaired) electrons. The summed E-state index contributed by atoms with van der Waals surface area (Å²) in [5.41, 5.74) is 0.548. The van der Waals surface area contributed by atoms with Crippen LogP contribution in [0.5, 0.6) is 0 Å². The highest BCUT2D eigenvalue weighted by molar-refractivity contribution is 7.89. The van der Waals surface area contributed by atoms with Gasteiger partial charge in [-0.3, -0.25) is 4.79 Å². The topological polar surface area (TPSA) is 83.9 Å². The molecule has 6 nitrogen and oxygen atoms in total. The Morgan fingerprint density at radius 2 is 2.00 bits per heavy atom. The van der Waals surface area contributed by atoms with Crippen LogP contribution in [0.25, 0.3) is 0 Å². The van der Waals surface area contributed by atoms with Gasteiger partial charge in [0.05, 0.1) is 17.9 Å². The minimum Gasteiger partial charge on any atom is -0.481 e. The number of ether oxygens (including phenoxy) is 1. The van der Waals surface area contributed by atoms with Crippen LogP contribution in [0.1, 0.15) is 12.0 Å². The SMILES string of the molecule is COCc1ccccc1S(=O)(=O)N(C)CCC(=O)O. The number of hydrogen-bond donors (Lipinski definition) is 1. The highest BCUT2D eigenvalue weighted by atomic mass is 32.2. The Labute approximate surface area is 112 Å². The van der Waals surface area contributed by atoms with Crippen molar-refractivity contribution in [2.45, 2.75) is 17.9 Å². The second-order valence-electron chi connectivity index (χ2n) is 4.01. The number of carboxylic acids is 1. The van der Waals surface area contributed by atoms with Gasteiger partial charge in [0, 0.05) is 20.7 Å². The van der Waals surface area contributed by atoms with Gasteiger partial charge in [-0.2, -0.15) is 0 Å². The van der Waals surface area contributed by atoms with Crippen LogP contribution in [0.3, 0.4) is 0 Å². The smallest absolute Gasteiger partial charge is 0.304 e. The van der Waals surface area contributed by atoms with Gasteiger partial charge in [0.25, 0.3) is 0 Å². The molecule has 0 amide bonds. The summed E-state index contributed by atoms with van der Waals surface area (Å²) in [5, 5.41) is 8.60. The minimum absolute atomic E-state index is 0.0705. The fourth-order valence-electron chi connectivity index (χ4n) is 1.57. The number of benzene rings is 1. The zero-order chi connectivity index (χ0) is 14.5. The van der Waals surface area contributed by atoms with Gasteiger partial charge in [0.15, 0.2) is 0 Å². The lowest BCUT2D eigenvalue weighted by Gasteiger charge is -2.18. The zero-order valence-corrected chi connectivity index (χ0v) is 11.7. The summed E-state index contributed by atoms with van der Waals surface area (Å²) >= 11 is 0. The molecular formula is C12H17NO5S. The van der Waals surface area contributed by atoms with Crippen molar-refractivity contribution >= 4 is 16.0 Å². The quantitative estimate of drug-likeness (QED) is 0.806. The van der Waals surface area contributed by atoms with Crippen molar-refractivity contribution in [3.63, 3.8) is 0 Å². The van der Waals surface area contributed by atoms with Crippen molar-refractivity contribution in [3.8, 4) is 0 Å². The molecule has 1 aromatic carbocycles. The summed E-state index contributed by atoms with van der Waals surface area (Å²) in [6.45, 7) is 0.112. The molecule has 0 bridgehead atoms. The zero-order valence-electron chi connectivity index (χ0n) is 10.9. The van der Waals surface area contributed by atoms with Crippen molar-refractivity contribution in [1.82, 2.24) is 4.31 Å². The maximum absolute atomic E-state index is 12.3. The average molecular weight is 287 g/mol. The normalized spacial score (nSPS) is 11.7. The number of methoxy groups -OCH3 is 1. The first-order valence-electron chi connectivity index (χ1n) is 5.64. The van der Waals surface area contributed by atoms with E-state index in [4.69, 9.17) is 9.84 Å². The molecule has 0 unspecified atom stereocenters. The van der Waals surface area contributed by atoms with Crippen molar-refractivity contribution in [1.29, 1.82) is 0 Å². The number of rotatable bonds is 7. The molecule has 0 saturated heterocycles. The summed E-state index contributed by atoms with van der Waals surface area (Å²) in [5.74, 6) is -1.03. The molecule has 7 heteroatoms. The first-order chi connectivity index (χ1) is 8.89. The summed E-state index contributed by atoms with van der Waals surface area (Å²) in [7, 11) is -0.851. The second kappa shape index (κ2) is 6.65. The third kappa shape index (κ3) is 4.02. The summed E-state index contributed by atoms with van der Waals surface area (Å²) < 4.78 is 30.6. The number of aliphatic carboxylic acids is 1. The molecule has 0 atom stereocenters. The van der Waals surface area contributed by atoms with Gasteiger partial charge < -0.3 is 9.84 Å². The van der Waals surface area contributed by atoms with Gasteiger partial charge in [-0.05, 0) is 11.6 Å². The number of carbonyl (C=O) groups is 1. The number of hydrogen-bond acceptors (Lipinski definition) is 4. The number of sulfonamides is 1. The first-order valence-corrected chi connectivity index (χ1v) is 7.08. The molecule has 1 N–H and O–H groups in total. The summed E-state index contributed by atoms with van der Waals surface area (Å²) in [6.07, 6.45) is -0.234. The molecular weight excluding hydrogens is 270 g/mol. The first kappa shape index (κ1) is 15.6. The third-order valence-electron chi connectivity index (χ3n) is 2.60. The largest absolute Gasteiger partial charge is 0.481 e. The lowest BCUT2D eigenvalue weighted by Crippen LogP contribution is -2.30. The van der Waals surface area contributed by atoms with E-state index in [2.05, 4.69) is 0 Å². The van der Waals surface area contributed by atoms with Crippen molar-refractivity contribution in [2.75, 3.05) is 20.7 Å². The minimum atomic E-state index is -3.70. The van der Waals surface area contributed by atoms with Gasteiger partial charge in [0.2, 0.25) is 10.0 Å². The summed E-state index contributed by atoms with van der Waals surface area (Å²) in [6, 6.07) is 6.50. The molecule has 0 saturated carbocycles. The Bertz CT molecular complexity index is 541. The van der Waals surface area contributed by atoms with Crippen LogP contribution in [-0.4, -0.2) is 44.5 Å². The van der Waals surface area contributed by atoms with Crippen LogP contribution < -0.4 is 0 Å². The molecule has 1 rings (SSSR count). The number of carboxylic acid groups (broad SMARTS) is 1. The Balaban J connectivity index is 3.02. The maximum Gasteiger partial charge on any atom is 0.304 e. The van der Waals surface area contributed by atoms with Gasteiger partial charge in [-0.1, -0.05) is 18.2 Å². The molecule has 0 spiro atoms.